The summed E-state index contributed by atoms with van der Waals surface area (Å²) in [5, 5.41) is 11.5. The summed E-state index contributed by atoms with van der Waals surface area (Å²) in [5.74, 6) is 0.595. The third-order valence-electron chi connectivity index (χ3n) is 5.37. The Morgan fingerprint density at radius 2 is 1.91 bits per heavy atom. The van der Waals surface area contributed by atoms with Crippen molar-refractivity contribution in [3.05, 3.63) is 60.3 Å². The van der Waals surface area contributed by atoms with Crippen LogP contribution in [0.4, 0.5) is 10.1 Å². The van der Waals surface area contributed by atoms with Crippen molar-refractivity contribution in [2.24, 2.45) is 0 Å². The van der Waals surface area contributed by atoms with Gasteiger partial charge in [0.2, 0.25) is 0 Å². The lowest BCUT2D eigenvalue weighted by atomic mass is 10.1. The number of imidazole rings is 1. The number of hydrogen-bond acceptors (Lipinski definition) is 7. The number of rotatable bonds is 5. The van der Waals surface area contributed by atoms with E-state index in [1.807, 2.05) is 18.2 Å². The second kappa shape index (κ2) is 7.99. The molecular formula is C24H19FN8S. The molecule has 0 aliphatic carbocycles. The summed E-state index contributed by atoms with van der Waals surface area (Å²) in [6.45, 7) is 4.16. The maximum Gasteiger partial charge on any atom is 0.177 e. The maximum absolute atomic E-state index is 13.6. The first-order valence-corrected chi connectivity index (χ1v) is 11.5. The van der Waals surface area contributed by atoms with E-state index >= 15 is 0 Å². The molecule has 0 fully saturated rings. The van der Waals surface area contributed by atoms with E-state index in [1.165, 1.54) is 6.07 Å². The van der Waals surface area contributed by atoms with Crippen molar-refractivity contribution in [1.29, 1.82) is 0 Å². The molecule has 34 heavy (non-hydrogen) atoms. The first-order valence-electron chi connectivity index (χ1n) is 10.7. The first-order chi connectivity index (χ1) is 16.5. The van der Waals surface area contributed by atoms with E-state index < -0.39 is 0 Å². The van der Waals surface area contributed by atoms with Crippen LogP contribution < -0.4 is 5.32 Å². The fraction of sp³-hybridized carbons (Fsp3) is 0.125. The summed E-state index contributed by atoms with van der Waals surface area (Å²) in [6.07, 6.45) is 7.03. The number of H-pyrrole nitrogens is 2. The molecule has 168 valence electrons. The second-order valence-electron chi connectivity index (χ2n) is 8.19. The van der Waals surface area contributed by atoms with E-state index in [0.29, 0.717) is 28.8 Å². The van der Waals surface area contributed by atoms with E-state index in [0.717, 1.165) is 49.6 Å². The number of thiophene rings is 1. The Morgan fingerprint density at radius 3 is 2.74 bits per heavy atom. The summed E-state index contributed by atoms with van der Waals surface area (Å²) in [6, 6.07) is 9.30. The van der Waals surface area contributed by atoms with Crippen molar-refractivity contribution in [2.75, 3.05) is 5.32 Å². The van der Waals surface area contributed by atoms with Crippen molar-refractivity contribution in [1.82, 2.24) is 35.1 Å². The van der Waals surface area contributed by atoms with Crippen LogP contribution in [0.1, 0.15) is 13.8 Å². The molecule has 0 aromatic carbocycles. The number of pyridine rings is 3. The van der Waals surface area contributed by atoms with Gasteiger partial charge in [0.15, 0.2) is 11.0 Å². The minimum Gasteiger partial charge on any atom is -0.382 e. The van der Waals surface area contributed by atoms with Gasteiger partial charge in [-0.3, -0.25) is 20.1 Å². The van der Waals surface area contributed by atoms with Crippen LogP contribution in [-0.4, -0.2) is 41.2 Å². The zero-order valence-electron chi connectivity index (χ0n) is 18.3. The quantitative estimate of drug-likeness (QED) is 0.301. The Hall–Kier alpha value is -4.18. The molecule has 0 unspecified atom stereocenters. The molecule has 0 spiro atoms. The highest BCUT2D eigenvalue weighted by Gasteiger charge is 2.17. The molecule has 0 saturated carbocycles. The molecule has 6 aromatic heterocycles. The highest BCUT2D eigenvalue weighted by Crippen LogP contribution is 2.33. The van der Waals surface area contributed by atoms with Gasteiger partial charge >= 0.3 is 0 Å². The third kappa shape index (κ3) is 3.57. The highest BCUT2D eigenvalue weighted by molar-refractivity contribution is 7.13. The monoisotopic (exact) mass is 470 g/mol. The Balaban J connectivity index is 1.45. The van der Waals surface area contributed by atoms with Gasteiger partial charge in [-0.25, -0.2) is 4.98 Å². The van der Waals surface area contributed by atoms with Gasteiger partial charge in [0.1, 0.15) is 16.9 Å². The molecule has 0 saturated heterocycles. The lowest BCUT2D eigenvalue weighted by Gasteiger charge is -2.10. The number of hydrogen-bond donors (Lipinski definition) is 3. The third-order valence-corrected chi connectivity index (χ3v) is 6.25. The van der Waals surface area contributed by atoms with Crippen LogP contribution in [0.5, 0.6) is 0 Å². The first kappa shape index (κ1) is 20.4. The molecule has 0 amide bonds. The number of aromatic amines is 2. The van der Waals surface area contributed by atoms with Gasteiger partial charge in [-0.2, -0.15) is 9.49 Å². The summed E-state index contributed by atoms with van der Waals surface area (Å²) in [5.41, 5.74) is 6.18. The van der Waals surface area contributed by atoms with Crippen molar-refractivity contribution in [3.8, 4) is 33.3 Å². The number of nitrogens with zero attached hydrogens (tertiary/aromatic N) is 5. The van der Waals surface area contributed by atoms with Crippen LogP contribution in [0.3, 0.4) is 0 Å². The normalized spacial score (nSPS) is 11.6. The van der Waals surface area contributed by atoms with Crippen molar-refractivity contribution in [2.45, 2.75) is 19.9 Å². The molecular weight excluding hydrogens is 451 g/mol. The van der Waals surface area contributed by atoms with Crippen LogP contribution >= 0.6 is 11.3 Å². The van der Waals surface area contributed by atoms with Gasteiger partial charge in [0.05, 0.1) is 33.5 Å². The van der Waals surface area contributed by atoms with E-state index in [2.05, 4.69) is 49.3 Å². The van der Waals surface area contributed by atoms with E-state index in [9.17, 15) is 4.39 Å². The Kier molecular flexibility index (Phi) is 4.80. The molecule has 3 N–H and O–H groups in total. The Morgan fingerprint density at radius 1 is 1.00 bits per heavy atom. The summed E-state index contributed by atoms with van der Waals surface area (Å²) in [4.78, 5) is 22.2. The zero-order valence-corrected chi connectivity index (χ0v) is 19.1. The zero-order chi connectivity index (χ0) is 23.2. The number of anilines is 1. The topological polar surface area (TPSA) is 108 Å². The van der Waals surface area contributed by atoms with Crippen LogP contribution in [0.2, 0.25) is 0 Å². The molecule has 6 heterocycles. The minimum atomic E-state index is -0.259. The SMILES string of the molecule is CC(C)Nc1cncc(-c2cc3c(-c4nc5c(-c6ccc(F)s6)nccc5[nH]4)n[nH]c3cn2)c1. The standard InChI is InChI=1S/C24H19FN8S/c1-12(2)29-14-7-13(9-26-10-14)17-8-15-18(11-28-17)32-33-21(15)24-30-16-5-6-27-23(22(16)31-24)19-3-4-20(25)34-19/h3-12,29H,1-2H3,(H,30,31)(H,32,33). The summed E-state index contributed by atoms with van der Waals surface area (Å²) in [7, 11) is 0. The van der Waals surface area contributed by atoms with Gasteiger partial charge in [-0.1, -0.05) is 0 Å². The Labute approximate surface area is 197 Å². The molecule has 0 bridgehead atoms. The summed E-state index contributed by atoms with van der Waals surface area (Å²) < 4.78 is 13.6. The predicted octanol–water partition coefficient (Wildman–Crippen LogP) is 5.65. The Bertz CT molecular complexity index is 1650. The molecule has 0 atom stereocenters. The van der Waals surface area contributed by atoms with Gasteiger partial charge in [-0.05, 0) is 44.2 Å². The fourth-order valence-corrected chi connectivity index (χ4v) is 4.65. The second-order valence-corrected chi connectivity index (χ2v) is 9.23. The van der Waals surface area contributed by atoms with Gasteiger partial charge in [0, 0.05) is 35.6 Å². The largest absolute Gasteiger partial charge is 0.382 e. The van der Waals surface area contributed by atoms with Gasteiger partial charge in [0.25, 0.3) is 0 Å². The van der Waals surface area contributed by atoms with E-state index in [4.69, 9.17) is 4.98 Å². The molecule has 8 nitrogen and oxygen atoms in total. The molecule has 6 rings (SSSR count). The molecule has 6 aromatic rings. The van der Waals surface area contributed by atoms with Gasteiger partial charge < -0.3 is 10.3 Å². The maximum atomic E-state index is 13.6. The van der Waals surface area contributed by atoms with Crippen molar-refractivity contribution >= 4 is 39.0 Å². The molecule has 10 heteroatoms. The number of halogens is 1. The number of aromatic nitrogens is 7. The van der Waals surface area contributed by atoms with Gasteiger partial charge in [-0.15, -0.1) is 11.3 Å². The van der Waals surface area contributed by atoms with Crippen molar-refractivity contribution in [3.63, 3.8) is 0 Å². The average Bonchev–Trinajstić information content (AvgIpc) is 3.55. The van der Waals surface area contributed by atoms with Crippen LogP contribution in [0.25, 0.3) is 55.3 Å². The van der Waals surface area contributed by atoms with E-state index in [1.54, 1.807) is 30.9 Å². The molecule has 0 radical (unpaired) electrons. The number of fused-ring (bicyclic) bond motifs is 2. The average molecular weight is 471 g/mol. The van der Waals surface area contributed by atoms with Crippen LogP contribution in [0, 0.1) is 5.13 Å². The summed E-state index contributed by atoms with van der Waals surface area (Å²) >= 11 is 1.04. The van der Waals surface area contributed by atoms with Crippen LogP contribution in [-0.2, 0) is 0 Å². The fourth-order valence-electron chi connectivity index (χ4n) is 3.92. The molecule has 0 aliphatic rings. The lowest BCUT2D eigenvalue weighted by Crippen LogP contribution is -2.09. The lowest BCUT2D eigenvalue weighted by molar-refractivity contribution is 0.657. The molecule has 0 aliphatic heterocycles. The minimum absolute atomic E-state index is 0.259. The van der Waals surface area contributed by atoms with Crippen molar-refractivity contribution < 1.29 is 4.39 Å². The smallest absolute Gasteiger partial charge is 0.177 e. The highest BCUT2D eigenvalue weighted by atomic mass is 32.1. The van der Waals surface area contributed by atoms with Crippen LogP contribution in [0.15, 0.2) is 55.1 Å². The predicted molar refractivity (Wildman–Crippen MR) is 132 cm³/mol. The number of nitrogens with one attached hydrogen (secondary N) is 3. The van der Waals surface area contributed by atoms with E-state index in [-0.39, 0.29) is 5.13 Å².